The highest BCUT2D eigenvalue weighted by Crippen LogP contribution is 2.32. The van der Waals surface area contributed by atoms with Crippen molar-refractivity contribution in [1.29, 1.82) is 0 Å². The van der Waals surface area contributed by atoms with Crippen LogP contribution in [0.25, 0.3) is 44.1 Å². The fraction of sp³-hybridized carbons (Fsp3) is 0.583. The molecular weight excluding hydrogens is 2030 g/mol. The lowest BCUT2D eigenvalue weighted by atomic mass is 10.0. The lowest BCUT2D eigenvalue weighted by molar-refractivity contribution is -0.137. The monoisotopic (exact) mass is 2170 g/mol. The first kappa shape index (κ1) is 119. The number of nitrogens with two attached hydrogens (primary N) is 1. The molecule has 43 nitrogen and oxygen atoms in total. The predicted molar refractivity (Wildman–Crippen MR) is 569 cm³/mol. The van der Waals surface area contributed by atoms with Crippen LogP contribution in [0.2, 0.25) is 0 Å². The largest absolute Gasteiger partial charge is 0.444 e. The molecule has 13 heterocycles. The van der Waals surface area contributed by atoms with Crippen molar-refractivity contribution < 1.29 is 90.6 Å². The molecule has 814 valence electrons. The Bertz CT molecular complexity index is 6470. The van der Waals surface area contributed by atoms with Crippen LogP contribution in [0.5, 0.6) is 0 Å². The minimum absolute atomic E-state index is 0. The molecule has 9 aliphatic heterocycles. The van der Waals surface area contributed by atoms with Gasteiger partial charge in [0, 0.05) is 149 Å². The van der Waals surface area contributed by atoms with Crippen molar-refractivity contribution in [1.82, 2.24) is 93.4 Å². The molecule has 4 aromatic carbocycles. The van der Waals surface area contributed by atoms with Gasteiger partial charge in [0.1, 0.15) is 41.0 Å². The van der Waals surface area contributed by atoms with Crippen LogP contribution in [-0.2, 0) is 117 Å². The Morgan fingerprint density at radius 3 is 1.19 bits per heavy atom. The summed E-state index contributed by atoms with van der Waals surface area (Å²) in [5.41, 5.74) is 11.6. The summed E-state index contributed by atoms with van der Waals surface area (Å²) in [6.07, 6.45) is 12.1. The van der Waals surface area contributed by atoms with E-state index in [4.69, 9.17) is 50.1 Å². The standard InChI is InChI=1S/C26H33N5O6.C26H37N5O6.C21H29N5O4.C13H12BrN3O3.C13H22N2O3.C4H8O.ClH.H3P/c1-26(2,3)37-24(34)27-13-17-14-30(16-36-15-17)12-6-8-18-7-5-9-19-22(18)29(4)25(35)31(19)20-10-11-21(32)28-23(20)33;1-26(2,3)37-24(34)27-15-18-16-30(13-14-36-18)12-6-8-17-7-5-9-19-22(17)29(4)25(35)31(19)20-10-11-21(32)28-23(20)33;1-24-19-14(5-3-9-25-10-11-30-15(12-22)13-25)4-2-6-16(19)26(21(24)29)17-7-8-18(27)23-20(17)28;1-16-11-7(14)3-2-4-8(11)17(13(16)20)9-5-6-10(18)15-12(9)19;1-5-6-15-7-8-17-11(10-15)9-14-12(16)18-13(2,3)4;1-2-4-5-3-1;;/h5,7,9,17,20H,10-16H2,1-4H3,(H,27,34)(H,28,32,33);5,7,9,18,20H,6,8,10-16H2,1-4H3,(H,27,34)(H,28,32,33);2,4,6,15,17H,3,5,7-13,22H2,1H3,(H,23,27,28);2-4,9H,5-6H2,1H3,(H,15,18,19);1,11H,6-10H2,2-4H3,(H,14,16);1-4H2;1H;1H3/t17-,20?;18-,20?;15-,17?;;11-;;;/m111.1.../s1. The second-order valence-corrected chi connectivity index (χ2v) is 41.5. The number of imidazole rings is 4. The van der Waals surface area contributed by atoms with Gasteiger partial charge in [-0.25, -0.2) is 33.6 Å². The van der Waals surface area contributed by atoms with Crippen LogP contribution in [0.1, 0.15) is 180 Å². The molecule has 0 spiro atoms. The molecule has 149 heavy (non-hydrogen) atoms. The number of amides is 11. The number of benzene rings is 4. The number of carbonyl (C=O) groups is 11. The number of imide groups is 4. The summed E-state index contributed by atoms with van der Waals surface area (Å²) in [4.78, 5) is 191. The summed E-state index contributed by atoms with van der Waals surface area (Å²) in [5.74, 6) is 6.11. The number of para-hydroxylation sites is 4. The SMILES string of the molecule is C#CCN1CCO[C@H](CNC(=O)OC(C)(C)C)C1.C1CCOC1.Cl.Cn1c(=O)n(C2CCC(=O)NC2=O)c2cccc(Br)c21.Cn1c(=O)n(C2CCC(=O)NC2=O)c2cccc(C#CCN3COC[C@H](CNC(=O)OC(C)(C)C)C3)c21.Cn1c(=O)n(C2CCC(=O)NC2=O)c2cccc(CCCN3CCO[C@H](CN)C3)c21.Cn1c(=O)n(C2CCC(=O)NC2=O)c2cccc(CCCN3CCO[C@H](CNC(=O)OC(C)(C)C)C3)c21.P. The van der Waals surface area contributed by atoms with Crippen LogP contribution < -0.4 is 65.7 Å². The summed E-state index contributed by atoms with van der Waals surface area (Å²) in [6.45, 7) is 31.6. The molecule has 5 unspecified atom stereocenters. The number of terminal acetylenes is 1. The second-order valence-electron chi connectivity index (χ2n) is 40.7. The van der Waals surface area contributed by atoms with E-state index in [9.17, 15) is 71.9 Å². The Hall–Kier alpha value is -11.8. The molecule has 9 saturated heterocycles. The normalized spacial score (nSPS) is 21.0. The molecule has 0 bridgehead atoms. The first-order valence-corrected chi connectivity index (χ1v) is 51.0. The van der Waals surface area contributed by atoms with Crippen molar-refractivity contribution in [3.05, 3.63) is 136 Å². The topological polar surface area (TPSA) is 493 Å². The van der Waals surface area contributed by atoms with Crippen molar-refractivity contribution in [3.63, 3.8) is 0 Å². The van der Waals surface area contributed by atoms with Gasteiger partial charge in [0.2, 0.25) is 47.3 Å². The third kappa shape index (κ3) is 32.6. The lowest BCUT2D eigenvalue weighted by Crippen LogP contribution is -2.48. The molecule has 9 N–H and O–H groups in total. The maximum Gasteiger partial charge on any atom is 0.407 e. The number of nitrogens with zero attached hydrogens (tertiary/aromatic N) is 12. The maximum atomic E-state index is 13.1. The molecule has 0 radical (unpaired) electrons. The average Bonchev–Trinajstić information content (AvgIpc) is 1.60. The summed E-state index contributed by atoms with van der Waals surface area (Å²) < 4.78 is 56.3. The quantitative estimate of drug-likeness (QED) is 0.0185. The van der Waals surface area contributed by atoms with E-state index >= 15 is 0 Å². The van der Waals surface area contributed by atoms with E-state index in [1.165, 1.54) is 40.2 Å². The van der Waals surface area contributed by atoms with Gasteiger partial charge in [-0.05, 0) is 203 Å². The summed E-state index contributed by atoms with van der Waals surface area (Å²) >= 11 is 3.42. The van der Waals surface area contributed by atoms with E-state index < -0.39 is 82.9 Å². The van der Waals surface area contributed by atoms with Gasteiger partial charge >= 0.3 is 41.0 Å². The zero-order valence-corrected chi connectivity index (χ0v) is 91.2. The molecule has 9 fully saturated rings. The highest BCUT2D eigenvalue weighted by atomic mass is 79.9. The summed E-state index contributed by atoms with van der Waals surface area (Å²) in [6, 6.07) is 19.8. The molecule has 9 atom stereocenters. The minimum Gasteiger partial charge on any atom is -0.444 e. The number of alkyl carbamates (subject to hydrolysis) is 3. The van der Waals surface area contributed by atoms with E-state index in [2.05, 4.69) is 85.6 Å². The van der Waals surface area contributed by atoms with Crippen molar-refractivity contribution in [2.75, 3.05) is 145 Å². The number of halogens is 2. The van der Waals surface area contributed by atoms with Crippen molar-refractivity contribution in [2.45, 2.75) is 211 Å². The zero-order valence-electron chi connectivity index (χ0n) is 87.4. The number of fused-ring (bicyclic) bond motifs is 4. The fourth-order valence-electron chi connectivity index (χ4n) is 19.1. The summed E-state index contributed by atoms with van der Waals surface area (Å²) in [7, 11) is 6.78. The van der Waals surface area contributed by atoms with E-state index in [-0.39, 0.29) is 125 Å². The van der Waals surface area contributed by atoms with Gasteiger partial charge in [0.15, 0.2) is 0 Å². The second kappa shape index (κ2) is 54.8. The number of carbonyl (C=O) groups excluding carboxylic acids is 11. The van der Waals surface area contributed by atoms with Crippen LogP contribution in [0.15, 0.2) is 96.4 Å². The number of ether oxygens (including phenoxy) is 8. The number of piperidine rings is 4. The Morgan fingerprint density at radius 2 is 0.805 bits per heavy atom. The number of rotatable bonds is 21. The molecule has 0 saturated carbocycles. The van der Waals surface area contributed by atoms with Gasteiger partial charge < -0.3 is 59.6 Å². The van der Waals surface area contributed by atoms with Crippen LogP contribution in [0.4, 0.5) is 14.4 Å². The van der Waals surface area contributed by atoms with Gasteiger partial charge in [-0.15, -0.1) is 18.8 Å². The third-order valence-electron chi connectivity index (χ3n) is 25.9. The maximum absolute atomic E-state index is 13.1. The molecule has 0 aliphatic carbocycles. The highest BCUT2D eigenvalue weighted by Gasteiger charge is 2.38. The number of nitrogens with one attached hydrogen (secondary N) is 7. The molecule has 9 aliphatic rings. The fourth-order valence-corrected chi connectivity index (χ4v) is 19.7. The Labute approximate surface area is 882 Å². The highest BCUT2D eigenvalue weighted by molar-refractivity contribution is 9.10. The van der Waals surface area contributed by atoms with Crippen LogP contribution in [0.3, 0.4) is 0 Å². The molecule has 4 aromatic heterocycles. The van der Waals surface area contributed by atoms with E-state index in [1.807, 2.05) is 122 Å². The Morgan fingerprint density at radius 1 is 0.450 bits per heavy atom. The number of aromatic nitrogens is 8. The van der Waals surface area contributed by atoms with E-state index in [0.717, 1.165) is 122 Å². The van der Waals surface area contributed by atoms with Gasteiger partial charge in [-0.2, -0.15) is 9.90 Å². The molecule has 8 aromatic rings. The number of hydrogen-bond donors (Lipinski definition) is 8. The lowest BCUT2D eigenvalue weighted by Gasteiger charge is -2.33. The zero-order chi connectivity index (χ0) is 106. The van der Waals surface area contributed by atoms with Crippen LogP contribution in [0, 0.1) is 30.1 Å². The van der Waals surface area contributed by atoms with Gasteiger partial charge in [-0.1, -0.05) is 54.2 Å². The summed E-state index contributed by atoms with van der Waals surface area (Å²) in [5, 5.41) is 17.6. The minimum atomic E-state index is -0.742. The first-order valence-electron chi connectivity index (χ1n) is 50.2. The van der Waals surface area contributed by atoms with Gasteiger partial charge in [0.25, 0.3) is 0 Å². The molecule has 46 heteroatoms. The van der Waals surface area contributed by atoms with Gasteiger partial charge in [0.05, 0.1) is 114 Å². The first-order chi connectivity index (χ1) is 70.0. The Kier molecular flexibility index (Phi) is 43.8. The predicted octanol–water partition coefficient (Wildman–Crippen LogP) is 5.69. The van der Waals surface area contributed by atoms with Crippen LogP contribution in [-0.4, -0.2) is 301 Å². The van der Waals surface area contributed by atoms with Gasteiger partial charge in [-0.3, -0.25) is 116 Å². The van der Waals surface area contributed by atoms with Crippen molar-refractivity contribution in [3.8, 4) is 24.2 Å². The van der Waals surface area contributed by atoms with Crippen LogP contribution >= 0.6 is 38.2 Å². The van der Waals surface area contributed by atoms with E-state index in [1.54, 1.807) is 55.5 Å². The number of morpholine rings is 3. The molecule has 11 amide bonds. The smallest absolute Gasteiger partial charge is 0.407 e. The average molecular weight is 2180 g/mol. The number of hydrogen-bond acceptors (Lipinski definition) is 28. The molecular formula is C103H145BrClN20O23P. The third-order valence-corrected chi connectivity index (χ3v) is 26.5. The Balaban J connectivity index is 0.000000192. The molecule has 17 rings (SSSR count). The van der Waals surface area contributed by atoms with E-state index in [0.29, 0.717) is 132 Å². The van der Waals surface area contributed by atoms with Crippen molar-refractivity contribution >= 4 is 148 Å². The van der Waals surface area contributed by atoms with Crippen molar-refractivity contribution in [2.24, 2.45) is 39.8 Å². The number of aryl methyl sites for hydroxylation is 6.